The van der Waals surface area contributed by atoms with Crippen molar-refractivity contribution in [2.75, 3.05) is 18.8 Å². The molecule has 3 aliphatic rings. The zero-order valence-electron chi connectivity index (χ0n) is 28.0. The average Bonchev–Trinajstić information content (AvgIpc) is 3.47. The lowest BCUT2D eigenvalue weighted by Crippen LogP contribution is -2.76. The SMILES string of the molecule is CC1(C)CNCC[C@@H]1NC(=N)c1ccc2c(c1)CC[C@H]([C@](C)(O/N=C(\C(=O)N[C@@H]1C(=O)N(OS(=O)(=O)O)C1(C)C)c1csc(N)n1)C(=O)O)O2. The number of anilines is 1. The van der Waals surface area contributed by atoms with Gasteiger partial charge in [-0.25, -0.2) is 9.78 Å². The first-order valence-electron chi connectivity index (χ1n) is 15.6. The number of nitrogens with one attached hydrogen (secondary N) is 4. The van der Waals surface area contributed by atoms with Crippen molar-refractivity contribution in [2.45, 2.75) is 83.2 Å². The number of carbonyl (C=O) groups excluding carboxylic acids is 2. The van der Waals surface area contributed by atoms with Crippen molar-refractivity contribution < 1.29 is 46.3 Å². The molecule has 1 aromatic heterocycles. The van der Waals surface area contributed by atoms with Crippen LogP contribution in [0.2, 0.25) is 0 Å². The smallest absolute Gasteiger partial charge is 0.418 e. The van der Waals surface area contributed by atoms with Gasteiger partial charge in [-0.05, 0) is 75.8 Å². The van der Waals surface area contributed by atoms with Crippen LogP contribution in [-0.4, -0.2) is 99.9 Å². The van der Waals surface area contributed by atoms with E-state index in [2.05, 4.69) is 44.2 Å². The van der Waals surface area contributed by atoms with Crippen LogP contribution in [0.1, 0.15) is 64.3 Å². The van der Waals surface area contributed by atoms with Gasteiger partial charge >= 0.3 is 16.4 Å². The molecule has 1 aromatic carbocycles. The van der Waals surface area contributed by atoms with Gasteiger partial charge in [0.15, 0.2) is 16.9 Å². The highest BCUT2D eigenvalue weighted by molar-refractivity contribution is 7.80. The summed E-state index contributed by atoms with van der Waals surface area (Å²) in [5, 5.41) is 33.9. The number of ether oxygens (including phenoxy) is 1. The molecule has 0 radical (unpaired) electrons. The molecular formula is C30H40N8O10S2. The highest BCUT2D eigenvalue weighted by atomic mass is 32.3. The van der Waals surface area contributed by atoms with Crippen LogP contribution in [0, 0.1) is 10.8 Å². The van der Waals surface area contributed by atoms with Crippen molar-refractivity contribution in [1.82, 2.24) is 26.0 Å². The fourth-order valence-electron chi connectivity index (χ4n) is 6.02. The third kappa shape index (κ3) is 7.38. The lowest BCUT2D eigenvalue weighted by Gasteiger charge is -2.50. The zero-order chi connectivity index (χ0) is 36.8. The average molecular weight is 737 g/mol. The second-order valence-corrected chi connectivity index (χ2v) is 15.6. The maximum absolute atomic E-state index is 13.5. The monoisotopic (exact) mass is 736 g/mol. The number of hydroxylamine groups is 2. The van der Waals surface area contributed by atoms with Crippen LogP contribution >= 0.6 is 11.3 Å². The molecule has 50 heavy (non-hydrogen) atoms. The number of aromatic nitrogens is 1. The first kappa shape index (κ1) is 36.9. The maximum Gasteiger partial charge on any atom is 0.418 e. The summed E-state index contributed by atoms with van der Waals surface area (Å²) in [7, 11) is -5.03. The van der Waals surface area contributed by atoms with Crippen LogP contribution in [0.5, 0.6) is 5.75 Å². The number of hydrogen-bond donors (Lipinski definition) is 7. The normalized spacial score (nSPS) is 24.1. The summed E-state index contributed by atoms with van der Waals surface area (Å²) in [6.07, 6.45) is 0.392. The number of carboxylic acids is 1. The molecule has 0 unspecified atom stereocenters. The number of benzene rings is 1. The van der Waals surface area contributed by atoms with E-state index in [-0.39, 0.29) is 34.5 Å². The van der Waals surface area contributed by atoms with E-state index in [1.165, 1.54) is 26.2 Å². The highest BCUT2D eigenvalue weighted by Gasteiger charge is 2.58. The standard InChI is InChI=1S/C30H40N8O10S2/c1-28(2)14-33-11-10-19(28)35-23(31)16-6-8-18-15(12-16)7-9-20(46-18)30(5,26(41)42)47-37-21(17-13-49-27(32)34-17)24(39)36-22-25(40)38(29(22,3)4)48-50(43,44)45/h6,8,12-13,19-20,22,33H,7,9-11,14H2,1-5H3,(H2,31,35)(H2,32,34)(H,36,39)(H,41,42)(H,43,44,45)/b37-21-/t19-,20+,22+,30-/m0/s1. The lowest BCUT2D eigenvalue weighted by atomic mass is 9.80. The quantitative estimate of drug-likeness (QED) is 0.0554. The van der Waals surface area contributed by atoms with Crippen LogP contribution in [0.4, 0.5) is 5.13 Å². The Kier molecular flexibility index (Phi) is 9.89. The number of hydrogen-bond acceptors (Lipinski definition) is 14. The first-order valence-corrected chi connectivity index (χ1v) is 17.9. The molecule has 4 atom stereocenters. The molecule has 5 rings (SSSR count). The number of oxime groups is 1. The van der Waals surface area contributed by atoms with E-state index >= 15 is 0 Å². The van der Waals surface area contributed by atoms with Gasteiger partial charge in [0.05, 0.1) is 5.54 Å². The van der Waals surface area contributed by atoms with Gasteiger partial charge in [0.25, 0.3) is 17.4 Å². The molecular weight excluding hydrogens is 697 g/mol. The number of aliphatic carboxylic acids is 1. The van der Waals surface area contributed by atoms with E-state index in [4.69, 9.17) is 25.3 Å². The first-order chi connectivity index (χ1) is 23.2. The Bertz CT molecular complexity index is 1850. The molecule has 8 N–H and O–H groups in total. The molecule has 2 amide bonds. The molecule has 2 fully saturated rings. The molecule has 18 nitrogen and oxygen atoms in total. The second-order valence-electron chi connectivity index (χ2n) is 13.7. The van der Waals surface area contributed by atoms with Gasteiger partial charge in [0.2, 0.25) is 0 Å². The van der Waals surface area contributed by atoms with Crippen molar-refractivity contribution in [3.05, 3.63) is 40.4 Å². The molecule has 0 aliphatic carbocycles. The minimum Gasteiger partial charge on any atom is -0.485 e. The van der Waals surface area contributed by atoms with Crippen molar-refractivity contribution >= 4 is 56.2 Å². The van der Waals surface area contributed by atoms with Gasteiger partial charge in [-0.15, -0.1) is 15.6 Å². The minimum absolute atomic E-state index is 0.0431. The van der Waals surface area contributed by atoms with Crippen molar-refractivity contribution in [3.63, 3.8) is 0 Å². The maximum atomic E-state index is 13.5. The number of amides is 2. The fourth-order valence-corrected chi connectivity index (χ4v) is 7.03. The Labute approximate surface area is 292 Å². The van der Waals surface area contributed by atoms with E-state index in [0.717, 1.165) is 36.4 Å². The van der Waals surface area contributed by atoms with Crippen molar-refractivity contribution in [3.8, 4) is 5.75 Å². The number of piperidine rings is 1. The Balaban J connectivity index is 1.33. The summed E-state index contributed by atoms with van der Waals surface area (Å²) in [6.45, 7) is 9.98. The summed E-state index contributed by atoms with van der Waals surface area (Å²) in [4.78, 5) is 48.4. The highest BCUT2D eigenvalue weighted by Crippen LogP contribution is 2.36. The predicted molar refractivity (Wildman–Crippen MR) is 180 cm³/mol. The van der Waals surface area contributed by atoms with E-state index in [9.17, 15) is 27.9 Å². The molecule has 0 saturated carbocycles. The van der Waals surface area contributed by atoms with Crippen LogP contribution in [0.15, 0.2) is 28.7 Å². The number of nitrogens with two attached hydrogens (primary N) is 1. The molecule has 2 saturated heterocycles. The Morgan fingerprint density at radius 3 is 2.58 bits per heavy atom. The molecule has 4 heterocycles. The molecule has 0 bridgehead atoms. The third-order valence-electron chi connectivity index (χ3n) is 9.21. The van der Waals surface area contributed by atoms with Gasteiger partial charge in [-0.1, -0.05) is 19.0 Å². The Hall–Kier alpha value is -4.37. The summed E-state index contributed by atoms with van der Waals surface area (Å²) < 4.78 is 41.8. The summed E-state index contributed by atoms with van der Waals surface area (Å²) >= 11 is 0.966. The van der Waals surface area contributed by atoms with E-state index in [1.54, 1.807) is 12.1 Å². The number of thiazole rings is 1. The fraction of sp³-hybridized carbons (Fsp3) is 0.533. The summed E-state index contributed by atoms with van der Waals surface area (Å²) in [5.74, 6) is -2.76. The molecule has 20 heteroatoms. The molecule has 2 aromatic rings. The number of nitrogens with zero attached hydrogens (tertiary/aromatic N) is 3. The number of aryl methyl sites for hydroxylation is 1. The molecule has 0 spiro atoms. The number of rotatable bonds is 11. The van der Waals surface area contributed by atoms with Crippen molar-refractivity contribution in [2.24, 2.45) is 10.6 Å². The number of carboxylic acid groups (broad SMARTS) is 1. The number of fused-ring (bicyclic) bond motifs is 1. The second kappa shape index (κ2) is 13.4. The van der Waals surface area contributed by atoms with E-state index in [0.29, 0.717) is 22.8 Å². The molecule has 272 valence electrons. The Morgan fingerprint density at radius 2 is 1.98 bits per heavy atom. The van der Waals surface area contributed by atoms with Crippen LogP contribution in [-0.2, 0) is 40.3 Å². The van der Waals surface area contributed by atoms with Gasteiger partial charge in [0.1, 0.15) is 23.3 Å². The molecule has 3 aliphatic heterocycles. The minimum atomic E-state index is -5.03. The number of amidine groups is 1. The predicted octanol–water partition coefficient (Wildman–Crippen LogP) is 0.826. The number of nitrogen functional groups attached to an aromatic ring is 1. The topological polar surface area (TPSA) is 268 Å². The van der Waals surface area contributed by atoms with Gasteiger partial charge in [0, 0.05) is 23.5 Å². The largest absolute Gasteiger partial charge is 0.485 e. The van der Waals surface area contributed by atoms with Crippen LogP contribution in [0.25, 0.3) is 0 Å². The van der Waals surface area contributed by atoms with E-state index < -0.39 is 57.2 Å². The van der Waals surface area contributed by atoms with Gasteiger partial charge in [-0.3, -0.25) is 19.6 Å². The van der Waals surface area contributed by atoms with Crippen LogP contribution in [0.3, 0.4) is 0 Å². The van der Waals surface area contributed by atoms with E-state index in [1.807, 2.05) is 6.07 Å². The van der Waals surface area contributed by atoms with Crippen molar-refractivity contribution in [1.29, 1.82) is 5.41 Å². The van der Waals surface area contributed by atoms with Gasteiger partial charge < -0.3 is 36.4 Å². The zero-order valence-corrected chi connectivity index (χ0v) is 29.6. The summed E-state index contributed by atoms with van der Waals surface area (Å²) in [6, 6.07) is 4.02. The number of β-lactam (4-membered cyclic amide) rings is 1. The summed E-state index contributed by atoms with van der Waals surface area (Å²) in [5.41, 5.74) is 3.01. The van der Waals surface area contributed by atoms with Gasteiger partial charge in [-0.2, -0.15) is 13.5 Å². The number of carbonyl (C=O) groups is 3. The van der Waals surface area contributed by atoms with Crippen LogP contribution < -0.4 is 26.4 Å². The Morgan fingerprint density at radius 1 is 1.26 bits per heavy atom. The lowest BCUT2D eigenvalue weighted by molar-refractivity contribution is -0.218. The third-order valence-corrected chi connectivity index (χ3v) is 10.2.